The Bertz CT molecular complexity index is 527. The molecule has 3 heteroatoms. The molecule has 1 aliphatic carbocycles. The molecule has 22 heavy (non-hydrogen) atoms. The molecule has 0 bridgehead atoms. The summed E-state index contributed by atoms with van der Waals surface area (Å²) in [6.45, 7) is 9.99. The van der Waals surface area contributed by atoms with E-state index >= 15 is 0 Å². The minimum absolute atomic E-state index is 0.146. The molecule has 0 amide bonds. The van der Waals surface area contributed by atoms with Gasteiger partial charge in [0.2, 0.25) is 0 Å². The van der Waals surface area contributed by atoms with Crippen LogP contribution in [0.15, 0.2) is 42.6 Å². The molecule has 1 spiro atoms. The zero-order valence-electron chi connectivity index (χ0n) is 13.4. The smallest absolute Gasteiger partial charge is 0.0935 e. The van der Waals surface area contributed by atoms with Crippen molar-refractivity contribution in [2.45, 2.75) is 37.9 Å². The second-order valence-corrected chi connectivity index (χ2v) is 7.35. The highest BCUT2D eigenvalue weighted by Gasteiger charge is 2.44. The van der Waals surface area contributed by atoms with Gasteiger partial charge in [-0.05, 0) is 37.2 Å². The van der Waals surface area contributed by atoms with Crippen LogP contribution < -0.4 is 5.32 Å². The monoisotopic (exact) mass is 297 g/mol. The SMILES string of the molecule is C=C1CN(Cc2ccccc2)C2(CCN(CC3CC3)CC2)N1. The number of piperidine rings is 1. The van der Waals surface area contributed by atoms with E-state index in [0.717, 1.165) is 19.0 Å². The van der Waals surface area contributed by atoms with Crippen molar-refractivity contribution in [3.8, 4) is 0 Å². The van der Waals surface area contributed by atoms with Crippen molar-refractivity contribution in [3.63, 3.8) is 0 Å². The maximum absolute atomic E-state index is 4.21. The van der Waals surface area contributed by atoms with Crippen LogP contribution in [-0.4, -0.2) is 41.6 Å². The zero-order chi connectivity index (χ0) is 15.0. The van der Waals surface area contributed by atoms with Crippen LogP contribution in [0.25, 0.3) is 0 Å². The molecule has 2 aliphatic heterocycles. The highest BCUT2D eigenvalue weighted by atomic mass is 15.4. The Morgan fingerprint density at radius 3 is 2.55 bits per heavy atom. The first-order valence-electron chi connectivity index (χ1n) is 8.71. The van der Waals surface area contributed by atoms with Gasteiger partial charge in [-0.1, -0.05) is 36.9 Å². The summed E-state index contributed by atoms with van der Waals surface area (Å²) in [5.74, 6) is 1.00. The molecule has 4 rings (SSSR count). The Morgan fingerprint density at radius 1 is 1.14 bits per heavy atom. The van der Waals surface area contributed by atoms with Gasteiger partial charge in [-0.3, -0.25) is 4.90 Å². The Labute approximate surface area is 134 Å². The molecule has 0 unspecified atom stereocenters. The lowest BCUT2D eigenvalue weighted by Crippen LogP contribution is -2.57. The minimum Gasteiger partial charge on any atom is -0.370 e. The van der Waals surface area contributed by atoms with Crippen LogP contribution in [0.5, 0.6) is 0 Å². The van der Waals surface area contributed by atoms with Gasteiger partial charge in [0.1, 0.15) is 0 Å². The van der Waals surface area contributed by atoms with E-state index in [-0.39, 0.29) is 5.66 Å². The molecule has 0 aromatic heterocycles. The average molecular weight is 297 g/mol. The largest absolute Gasteiger partial charge is 0.370 e. The van der Waals surface area contributed by atoms with Gasteiger partial charge in [0.15, 0.2) is 0 Å². The predicted octanol–water partition coefficient (Wildman–Crippen LogP) is 2.81. The fourth-order valence-electron chi connectivity index (χ4n) is 4.05. The van der Waals surface area contributed by atoms with Crippen LogP contribution in [0.3, 0.4) is 0 Å². The standard InChI is InChI=1S/C19H27N3/c1-16-13-22(15-17-5-3-2-4-6-17)19(20-16)9-11-21(12-10-19)14-18-7-8-18/h2-6,18,20H,1,7-15H2. The lowest BCUT2D eigenvalue weighted by Gasteiger charge is -2.44. The van der Waals surface area contributed by atoms with Crippen LogP contribution in [0.1, 0.15) is 31.2 Å². The molecule has 0 radical (unpaired) electrons. The second-order valence-electron chi connectivity index (χ2n) is 7.35. The Kier molecular flexibility index (Phi) is 3.71. The van der Waals surface area contributed by atoms with E-state index in [2.05, 4.69) is 52.0 Å². The van der Waals surface area contributed by atoms with E-state index < -0.39 is 0 Å². The predicted molar refractivity (Wildman–Crippen MR) is 90.3 cm³/mol. The molecule has 1 saturated carbocycles. The number of rotatable bonds is 4. The van der Waals surface area contributed by atoms with Gasteiger partial charge in [-0.2, -0.15) is 0 Å². The molecule has 1 aromatic carbocycles. The maximum atomic E-state index is 4.21. The van der Waals surface area contributed by atoms with E-state index in [1.807, 2.05) is 0 Å². The van der Waals surface area contributed by atoms with Gasteiger partial charge >= 0.3 is 0 Å². The normalized spacial score (nSPS) is 25.5. The van der Waals surface area contributed by atoms with Crippen molar-refractivity contribution in [3.05, 3.63) is 48.2 Å². The lowest BCUT2D eigenvalue weighted by molar-refractivity contribution is 0.0320. The summed E-state index contributed by atoms with van der Waals surface area (Å²) >= 11 is 0. The van der Waals surface area contributed by atoms with Crippen LogP contribution in [0.2, 0.25) is 0 Å². The molecule has 1 aromatic rings. The number of hydrogen-bond acceptors (Lipinski definition) is 3. The zero-order valence-corrected chi connectivity index (χ0v) is 13.4. The number of likely N-dealkylation sites (tertiary alicyclic amines) is 1. The van der Waals surface area contributed by atoms with Gasteiger partial charge in [0, 0.05) is 38.4 Å². The van der Waals surface area contributed by atoms with Crippen molar-refractivity contribution >= 4 is 0 Å². The fraction of sp³-hybridized carbons (Fsp3) is 0.579. The third-order valence-electron chi connectivity index (χ3n) is 5.51. The molecule has 0 atom stereocenters. The average Bonchev–Trinajstić information content (AvgIpc) is 3.29. The van der Waals surface area contributed by atoms with Gasteiger partial charge in [-0.25, -0.2) is 0 Å². The number of nitrogens with one attached hydrogen (secondary N) is 1. The van der Waals surface area contributed by atoms with Crippen molar-refractivity contribution < 1.29 is 0 Å². The number of nitrogens with zero attached hydrogens (tertiary/aromatic N) is 2. The highest BCUT2D eigenvalue weighted by molar-refractivity contribution is 5.19. The number of hydrogen-bond donors (Lipinski definition) is 1. The molecule has 2 saturated heterocycles. The van der Waals surface area contributed by atoms with Crippen molar-refractivity contribution in [1.82, 2.24) is 15.1 Å². The first-order valence-corrected chi connectivity index (χ1v) is 8.71. The third kappa shape index (κ3) is 2.92. The van der Waals surface area contributed by atoms with Crippen LogP contribution in [0, 0.1) is 5.92 Å². The molecule has 3 fully saturated rings. The van der Waals surface area contributed by atoms with Gasteiger partial charge in [-0.15, -0.1) is 0 Å². The molecule has 3 aliphatic rings. The van der Waals surface area contributed by atoms with E-state index in [0.29, 0.717) is 0 Å². The van der Waals surface area contributed by atoms with Crippen LogP contribution >= 0.6 is 0 Å². The topological polar surface area (TPSA) is 18.5 Å². The van der Waals surface area contributed by atoms with E-state index in [1.165, 1.54) is 56.6 Å². The number of benzene rings is 1. The van der Waals surface area contributed by atoms with Crippen molar-refractivity contribution in [1.29, 1.82) is 0 Å². The summed E-state index contributed by atoms with van der Waals surface area (Å²) in [6.07, 6.45) is 5.34. The molecule has 1 N–H and O–H groups in total. The first kappa shape index (κ1) is 14.3. The highest BCUT2D eigenvalue weighted by Crippen LogP contribution is 2.36. The quantitative estimate of drug-likeness (QED) is 0.922. The van der Waals surface area contributed by atoms with Crippen LogP contribution in [-0.2, 0) is 6.54 Å². The van der Waals surface area contributed by atoms with E-state index in [4.69, 9.17) is 0 Å². The van der Waals surface area contributed by atoms with Gasteiger partial charge in [0.05, 0.1) is 5.66 Å². The summed E-state index contributed by atoms with van der Waals surface area (Å²) in [4.78, 5) is 5.28. The lowest BCUT2D eigenvalue weighted by atomic mass is 9.95. The Morgan fingerprint density at radius 2 is 1.86 bits per heavy atom. The van der Waals surface area contributed by atoms with Crippen molar-refractivity contribution in [2.24, 2.45) is 5.92 Å². The van der Waals surface area contributed by atoms with Crippen molar-refractivity contribution in [2.75, 3.05) is 26.2 Å². The van der Waals surface area contributed by atoms with Gasteiger partial charge < -0.3 is 10.2 Å². The summed E-state index contributed by atoms with van der Waals surface area (Å²) in [5.41, 5.74) is 2.73. The molecular weight excluding hydrogens is 270 g/mol. The molecule has 3 nitrogen and oxygen atoms in total. The summed E-state index contributed by atoms with van der Waals surface area (Å²) in [6, 6.07) is 10.8. The fourth-order valence-corrected chi connectivity index (χ4v) is 4.05. The summed E-state index contributed by atoms with van der Waals surface area (Å²) < 4.78 is 0. The Hall–Kier alpha value is -1.32. The minimum atomic E-state index is 0.146. The molecule has 118 valence electrons. The maximum Gasteiger partial charge on any atom is 0.0935 e. The summed E-state index contributed by atoms with van der Waals surface area (Å²) in [7, 11) is 0. The van der Waals surface area contributed by atoms with E-state index in [9.17, 15) is 0 Å². The van der Waals surface area contributed by atoms with E-state index in [1.54, 1.807) is 0 Å². The molecular formula is C19H27N3. The second kappa shape index (κ2) is 5.71. The molecule has 2 heterocycles. The Balaban J connectivity index is 1.43. The van der Waals surface area contributed by atoms with Crippen LogP contribution in [0.4, 0.5) is 0 Å². The first-order chi connectivity index (χ1) is 10.7. The third-order valence-corrected chi connectivity index (χ3v) is 5.51. The van der Waals surface area contributed by atoms with Gasteiger partial charge in [0.25, 0.3) is 0 Å². The summed E-state index contributed by atoms with van der Waals surface area (Å²) in [5, 5.41) is 3.73.